The molecule has 25 heavy (non-hydrogen) atoms. The average Bonchev–Trinajstić information content (AvgIpc) is 3.11. The minimum absolute atomic E-state index is 0.113. The van der Waals surface area contributed by atoms with E-state index in [1.54, 1.807) is 12.1 Å². The highest BCUT2D eigenvalue weighted by Crippen LogP contribution is 2.29. The van der Waals surface area contributed by atoms with Crippen molar-refractivity contribution in [1.29, 1.82) is 0 Å². The molecule has 7 heteroatoms. The molecular formula is C18H18F3NO3. The van der Waals surface area contributed by atoms with Crippen LogP contribution in [0.15, 0.2) is 47.1 Å². The summed E-state index contributed by atoms with van der Waals surface area (Å²) in [6.07, 6.45) is -2.64. The quantitative estimate of drug-likeness (QED) is 0.768. The van der Waals surface area contributed by atoms with Crippen LogP contribution < -0.4 is 0 Å². The highest BCUT2D eigenvalue weighted by Gasteiger charge is 2.30. The molecule has 0 spiro atoms. The lowest BCUT2D eigenvalue weighted by molar-refractivity contribution is -0.137. The van der Waals surface area contributed by atoms with Crippen LogP contribution in [0.5, 0.6) is 0 Å². The molecule has 1 aliphatic heterocycles. The zero-order chi connectivity index (χ0) is 17.9. The minimum atomic E-state index is -4.34. The van der Waals surface area contributed by atoms with Gasteiger partial charge in [-0.3, -0.25) is 9.69 Å². The third kappa shape index (κ3) is 4.49. The van der Waals surface area contributed by atoms with Crippen LogP contribution in [-0.4, -0.2) is 36.5 Å². The van der Waals surface area contributed by atoms with Crippen LogP contribution in [0.3, 0.4) is 0 Å². The van der Waals surface area contributed by atoms with Gasteiger partial charge >= 0.3 is 6.18 Å². The first kappa shape index (κ1) is 17.7. The largest absolute Gasteiger partial charge is 0.461 e. The van der Waals surface area contributed by atoms with Gasteiger partial charge in [0, 0.05) is 25.6 Å². The Kier molecular flexibility index (Phi) is 5.24. The number of benzene rings is 1. The lowest BCUT2D eigenvalue weighted by Gasteiger charge is -2.35. The Bertz CT molecular complexity index is 695. The van der Waals surface area contributed by atoms with Crippen LogP contribution in [0.1, 0.15) is 28.1 Å². The van der Waals surface area contributed by atoms with Crippen LogP contribution in [0.25, 0.3) is 0 Å². The fraction of sp³-hybridized carbons (Fsp3) is 0.389. The Labute approximate surface area is 143 Å². The molecule has 1 fully saturated rings. The summed E-state index contributed by atoms with van der Waals surface area (Å²) in [5.74, 6) is 0.193. The zero-order valence-electron chi connectivity index (χ0n) is 13.5. The zero-order valence-corrected chi connectivity index (χ0v) is 13.5. The summed E-state index contributed by atoms with van der Waals surface area (Å²) in [5.41, 5.74) is 0.105. The third-order valence-electron chi connectivity index (χ3n) is 4.23. The van der Waals surface area contributed by atoms with Crippen LogP contribution in [0, 0.1) is 0 Å². The number of Topliss-reactive ketones (excluding diaryl/α,β-unsaturated/α-hetero) is 1. The van der Waals surface area contributed by atoms with E-state index in [1.807, 2.05) is 0 Å². The maximum Gasteiger partial charge on any atom is 0.416 e. The van der Waals surface area contributed by atoms with Crippen LogP contribution in [0.4, 0.5) is 13.2 Å². The number of ether oxygens (including phenoxy) is 1. The predicted molar refractivity (Wildman–Crippen MR) is 84.1 cm³/mol. The molecule has 0 saturated carbocycles. The number of rotatable bonds is 5. The first-order valence-electron chi connectivity index (χ1n) is 7.98. The van der Waals surface area contributed by atoms with Gasteiger partial charge in [-0.2, -0.15) is 13.2 Å². The van der Waals surface area contributed by atoms with Crippen LogP contribution in [-0.2, 0) is 17.5 Å². The molecule has 2 aromatic rings. The van der Waals surface area contributed by atoms with E-state index in [0.717, 1.165) is 17.7 Å². The van der Waals surface area contributed by atoms with Crippen molar-refractivity contribution >= 4 is 5.78 Å². The van der Waals surface area contributed by atoms with E-state index in [0.29, 0.717) is 32.1 Å². The topological polar surface area (TPSA) is 42.7 Å². The number of hydrogen-bond acceptors (Lipinski definition) is 4. The van der Waals surface area contributed by atoms with Crippen LogP contribution in [0.2, 0.25) is 0 Å². The van der Waals surface area contributed by atoms with Gasteiger partial charge < -0.3 is 9.15 Å². The molecule has 0 radical (unpaired) electrons. The molecule has 1 aromatic heterocycles. The van der Waals surface area contributed by atoms with Gasteiger partial charge in [-0.1, -0.05) is 12.1 Å². The van der Waals surface area contributed by atoms with E-state index in [9.17, 15) is 18.0 Å². The average molecular weight is 353 g/mol. The van der Waals surface area contributed by atoms with Gasteiger partial charge in [-0.05, 0) is 29.8 Å². The number of ketones is 1. The normalized spacial score (nSPS) is 19.1. The molecular weight excluding hydrogens is 335 g/mol. The summed E-state index contributed by atoms with van der Waals surface area (Å²) in [7, 11) is 0. The molecule has 0 amide bonds. The van der Waals surface area contributed by atoms with Crippen molar-refractivity contribution in [3.63, 3.8) is 0 Å². The molecule has 134 valence electrons. The number of alkyl halides is 3. The Morgan fingerprint density at radius 3 is 2.60 bits per heavy atom. The second kappa shape index (κ2) is 7.41. The van der Waals surface area contributed by atoms with Crippen molar-refractivity contribution in [3.8, 4) is 0 Å². The van der Waals surface area contributed by atoms with E-state index in [-0.39, 0.29) is 18.2 Å². The van der Waals surface area contributed by atoms with E-state index >= 15 is 0 Å². The Morgan fingerprint density at radius 1 is 1.20 bits per heavy atom. The predicted octanol–water partition coefficient (Wildman–Crippen LogP) is 3.77. The van der Waals surface area contributed by atoms with Gasteiger partial charge in [0.1, 0.15) is 0 Å². The molecule has 0 N–H and O–H groups in total. The number of hydrogen-bond donors (Lipinski definition) is 0. The molecule has 1 atom stereocenters. The van der Waals surface area contributed by atoms with E-state index in [1.165, 1.54) is 18.4 Å². The third-order valence-corrected chi connectivity index (χ3v) is 4.23. The van der Waals surface area contributed by atoms with Crippen molar-refractivity contribution in [2.45, 2.75) is 25.2 Å². The molecule has 3 rings (SSSR count). The molecule has 1 unspecified atom stereocenters. The fourth-order valence-electron chi connectivity index (χ4n) is 2.87. The number of morpholine rings is 1. The van der Waals surface area contributed by atoms with Crippen molar-refractivity contribution in [1.82, 2.24) is 4.90 Å². The van der Waals surface area contributed by atoms with Gasteiger partial charge in [0.15, 0.2) is 11.5 Å². The van der Waals surface area contributed by atoms with Gasteiger partial charge in [-0.15, -0.1) is 0 Å². The molecule has 1 aromatic carbocycles. The van der Waals surface area contributed by atoms with Gasteiger partial charge in [-0.25, -0.2) is 0 Å². The first-order valence-corrected chi connectivity index (χ1v) is 7.98. The highest BCUT2D eigenvalue weighted by atomic mass is 19.4. The van der Waals surface area contributed by atoms with Crippen LogP contribution >= 0.6 is 0 Å². The van der Waals surface area contributed by atoms with Crippen molar-refractivity contribution in [2.75, 3.05) is 19.8 Å². The second-order valence-electron chi connectivity index (χ2n) is 6.00. The molecule has 0 aliphatic carbocycles. The highest BCUT2D eigenvalue weighted by molar-refractivity contribution is 5.93. The number of carbonyl (C=O) groups is 1. The summed E-state index contributed by atoms with van der Waals surface area (Å²) in [6, 6.07) is 8.26. The Morgan fingerprint density at radius 2 is 1.96 bits per heavy atom. The van der Waals surface area contributed by atoms with E-state index in [4.69, 9.17) is 9.15 Å². The fourth-order valence-corrected chi connectivity index (χ4v) is 2.87. The molecule has 1 aliphatic rings. The Hall–Kier alpha value is -2.12. The standard InChI is InChI=1S/C18H18F3NO3/c19-18(20,21)14-5-3-13(4-6-14)11-22-7-9-24-12-15(22)10-16(23)17-2-1-8-25-17/h1-6,8,15H,7,9-12H2. The summed E-state index contributed by atoms with van der Waals surface area (Å²) in [6.45, 7) is 2.04. The Balaban J connectivity index is 1.66. The number of furan rings is 1. The molecule has 0 bridgehead atoms. The van der Waals surface area contributed by atoms with Crippen molar-refractivity contribution in [3.05, 3.63) is 59.5 Å². The SMILES string of the molecule is O=C(CC1COCCN1Cc1ccc(C(F)(F)F)cc1)c1ccco1. The molecule has 2 heterocycles. The second-order valence-corrected chi connectivity index (χ2v) is 6.00. The van der Waals surface area contributed by atoms with E-state index in [2.05, 4.69) is 4.90 Å². The number of nitrogens with zero attached hydrogens (tertiary/aromatic N) is 1. The summed E-state index contributed by atoms with van der Waals surface area (Å²) >= 11 is 0. The van der Waals surface area contributed by atoms with Gasteiger partial charge in [0.05, 0.1) is 25.0 Å². The maximum atomic E-state index is 12.6. The lowest BCUT2D eigenvalue weighted by atomic mass is 10.0. The smallest absolute Gasteiger partial charge is 0.416 e. The minimum Gasteiger partial charge on any atom is -0.461 e. The molecule has 4 nitrogen and oxygen atoms in total. The van der Waals surface area contributed by atoms with Crippen molar-refractivity contribution < 1.29 is 27.1 Å². The van der Waals surface area contributed by atoms with Gasteiger partial charge in [0.2, 0.25) is 0 Å². The first-order chi connectivity index (χ1) is 11.9. The van der Waals surface area contributed by atoms with Crippen molar-refractivity contribution in [2.24, 2.45) is 0 Å². The summed E-state index contributed by atoms with van der Waals surface area (Å²) in [4.78, 5) is 14.3. The number of halogens is 3. The van der Waals surface area contributed by atoms with E-state index < -0.39 is 11.7 Å². The summed E-state index contributed by atoms with van der Waals surface area (Å²) < 4.78 is 48.5. The lowest BCUT2D eigenvalue weighted by Crippen LogP contribution is -2.45. The maximum absolute atomic E-state index is 12.6. The molecule has 1 saturated heterocycles. The van der Waals surface area contributed by atoms with Gasteiger partial charge in [0.25, 0.3) is 0 Å². The summed E-state index contributed by atoms with van der Waals surface area (Å²) in [5, 5.41) is 0. The monoisotopic (exact) mass is 353 g/mol. The number of carbonyl (C=O) groups excluding carboxylic acids is 1.